The number of nitriles is 1. The maximum Gasteiger partial charge on any atom is 0.318 e. The van der Waals surface area contributed by atoms with Gasteiger partial charge in [-0.2, -0.15) is 5.26 Å². The maximum absolute atomic E-state index is 8.87. The Kier molecular flexibility index (Phi) is 3.75. The molecule has 3 atom stereocenters. The first-order valence-electron chi connectivity index (χ1n) is 5.84. The number of hydrogen-bond acceptors (Lipinski definition) is 1. The summed E-state index contributed by atoms with van der Waals surface area (Å²) in [5, 5.41) is 8.87. The molecule has 2 rings (SSSR count). The quantitative estimate of drug-likeness (QED) is 0.553. The van der Waals surface area contributed by atoms with Crippen LogP contribution >= 0.6 is 0 Å². The molecular weight excluding hydrogens is 184 g/mol. The molecule has 0 aromatic heterocycles. The van der Waals surface area contributed by atoms with Gasteiger partial charge in [-0.3, -0.25) is 4.85 Å². The minimum Gasteiger partial charge on any atom is -0.294 e. The van der Waals surface area contributed by atoms with E-state index in [9.17, 15) is 0 Å². The zero-order chi connectivity index (χ0) is 11.5. The van der Waals surface area contributed by atoms with E-state index in [1.807, 2.05) is 0 Å². The largest absolute Gasteiger partial charge is 0.318 e. The molecule has 0 amide bonds. The molecule has 2 heteroatoms. The normalized spacial score (nSPS) is 36.7. The molecule has 0 aliphatic heterocycles. The first-order valence-corrected chi connectivity index (χ1v) is 5.84. The molecule has 0 spiro atoms. The minimum atomic E-state index is -0.608. The molecular formula is C13H20N2. The van der Waals surface area contributed by atoms with Crippen LogP contribution in [0.2, 0.25) is 0 Å². The molecule has 0 N–H and O–H groups in total. The van der Waals surface area contributed by atoms with Crippen LogP contribution in [0.4, 0.5) is 0 Å². The third-order valence-corrected chi connectivity index (χ3v) is 3.21. The van der Waals surface area contributed by atoms with Crippen LogP contribution in [0.3, 0.4) is 0 Å². The Bertz CT molecular complexity index is 276. The van der Waals surface area contributed by atoms with Crippen LogP contribution in [0.5, 0.6) is 0 Å². The van der Waals surface area contributed by atoms with Crippen LogP contribution < -0.4 is 0 Å². The smallest absolute Gasteiger partial charge is 0.294 e. The lowest BCUT2D eigenvalue weighted by atomic mass is 9.83. The van der Waals surface area contributed by atoms with Crippen LogP contribution in [0.25, 0.3) is 4.85 Å². The van der Waals surface area contributed by atoms with Crippen molar-refractivity contribution < 1.29 is 0 Å². The molecule has 2 nitrogen and oxygen atoms in total. The Morgan fingerprint density at radius 3 is 2.20 bits per heavy atom. The molecule has 0 heterocycles. The van der Waals surface area contributed by atoms with E-state index in [4.69, 9.17) is 11.8 Å². The van der Waals surface area contributed by atoms with E-state index in [1.165, 1.54) is 6.42 Å². The van der Waals surface area contributed by atoms with Gasteiger partial charge in [0.05, 0.1) is 5.92 Å². The standard InChI is InChI=1S/C9H10N2.C4H10/c1-11-9(6-10)5-7-2-3-8(9)4-7;1-4(2)3/h7-8H,2-5H2;4H,1-3H3. The Morgan fingerprint density at radius 1 is 1.40 bits per heavy atom. The summed E-state index contributed by atoms with van der Waals surface area (Å²) in [6.07, 6.45) is 4.35. The van der Waals surface area contributed by atoms with Crippen LogP contribution in [-0.4, -0.2) is 5.54 Å². The van der Waals surface area contributed by atoms with Crippen LogP contribution in [0.1, 0.15) is 46.5 Å². The molecule has 2 fully saturated rings. The van der Waals surface area contributed by atoms with Crippen molar-refractivity contribution in [3.8, 4) is 6.07 Å². The van der Waals surface area contributed by atoms with Gasteiger partial charge >= 0.3 is 5.54 Å². The van der Waals surface area contributed by atoms with Crippen molar-refractivity contribution in [1.29, 1.82) is 5.26 Å². The Hall–Kier alpha value is -1.02. The topological polar surface area (TPSA) is 28.1 Å². The lowest BCUT2D eigenvalue weighted by Gasteiger charge is -2.18. The molecule has 0 radical (unpaired) electrons. The number of hydrogen-bond donors (Lipinski definition) is 0. The minimum absolute atomic E-state index is 0.398. The van der Waals surface area contributed by atoms with Gasteiger partial charge in [0, 0.05) is 6.42 Å². The van der Waals surface area contributed by atoms with Gasteiger partial charge < -0.3 is 0 Å². The molecule has 15 heavy (non-hydrogen) atoms. The average molecular weight is 204 g/mol. The molecule has 0 aromatic carbocycles. The number of fused-ring (bicyclic) bond motifs is 2. The Labute approximate surface area is 93.1 Å². The van der Waals surface area contributed by atoms with Gasteiger partial charge in [-0.25, -0.2) is 6.57 Å². The van der Waals surface area contributed by atoms with Crippen molar-refractivity contribution in [1.82, 2.24) is 0 Å². The van der Waals surface area contributed by atoms with Crippen molar-refractivity contribution in [3.05, 3.63) is 11.4 Å². The van der Waals surface area contributed by atoms with E-state index in [0.29, 0.717) is 11.8 Å². The van der Waals surface area contributed by atoms with Gasteiger partial charge in [0.2, 0.25) is 0 Å². The van der Waals surface area contributed by atoms with Crippen LogP contribution in [0.15, 0.2) is 0 Å². The molecule has 3 unspecified atom stereocenters. The predicted octanol–water partition coefficient (Wildman–Crippen LogP) is 3.65. The zero-order valence-corrected chi connectivity index (χ0v) is 9.95. The van der Waals surface area contributed by atoms with Crippen molar-refractivity contribution in [3.63, 3.8) is 0 Å². The van der Waals surface area contributed by atoms with Gasteiger partial charge in [-0.1, -0.05) is 20.8 Å². The lowest BCUT2D eigenvalue weighted by molar-refractivity contribution is 0.389. The van der Waals surface area contributed by atoms with Gasteiger partial charge in [0.25, 0.3) is 0 Å². The Morgan fingerprint density at radius 2 is 2.00 bits per heavy atom. The SMILES string of the molecule is CC(C)C.[C-]#[N+]C1(C#N)CC2CCC1C2. The first kappa shape index (κ1) is 12.1. The molecule has 82 valence electrons. The van der Waals surface area contributed by atoms with Crippen molar-refractivity contribution in [2.45, 2.75) is 52.0 Å². The molecule has 0 saturated heterocycles. The van der Waals surface area contributed by atoms with Gasteiger partial charge in [-0.15, -0.1) is 0 Å². The summed E-state index contributed by atoms with van der Waals surface area (Å²) in [4.78, 5) is 3.51. The van der Waals surface area contributed by atoms with Gasteiger partial charge in [-0.05, 0) is 31.1 Å². The highest BCUT2D eigenvalue weighted by atomic mass is 14.9. The second kappa shape index (κ2) is 4.67. The zero-order valence-electron chi connectivity index (χ0n) is 9.95. The highest BCUT2D eigenvalue weighted by Crippen LogP contribution is 2.52. The summed E-state index contributed by atoms with van der Waals surface area (Å²) < 4.78 is 0. The Balaban J connectivity index is 0.000000245. The fourth-order valence-electron chi connectivity index (χ4n) is 2.60. The second-order valence-corrected chi connectivity index (χ2v) is 5.46. The summed E-state index contributed by atoms with van der Waals surface area (Å²) in [5.41, 5.74) is -0.608. The highest BCUT2D eigenvalue weighted by molar-refractivity contribution is 5.24. The van der Waals surface area contributed by atoms with E-state index >= 15 is 0 Å². The number of rotatable bonds is 0. The van der Waals surface area contributed by atoms with Crippen molar-refractivity contribution >= 4 is 0 Å². The molecule has 2 bridgehead atoms. The van der Waals surface area contributed by atoms with Crippen LogP contribution in [-0.2, 0) is 0 Å². The summed E-state index contributed by atoms with van der Waals surface area (Å²) >= 11 is 0. The predicted molar refractivity (Wildman–Crippen MR) is 60.9 cm³/mol. The molecule has 2 saturated carbocycles. The van der Waals surface area contributed by atoms with Crippen molar-refractivity contribution in [2.24, 2.45) is 17.8 Å². The first-order chi connectivity index (χ1) is 7.04. The summed E-state index contributed by atoms with van der Waals surface area (Å²) in [7, 11) is 0. The molecule has 2 aliphatic rings. The summed E-state index contributed by atoms with van der Waals surface area (Å²) in [6.45, 7) is 13.5. The lowest BCUT2D eigenvalue weighted by Crippen LogP contribution is -2.29. The van der Waals surface area contributed by atoms with Crippen molar-refractivity contribution in [2.75, 3.05) is 0 Å². The molecule has 2 aliphatic carbocycles. The van der Waals surface area contributed by atoms with E-state index in [-0.39, 0.29) is 0 Å². The second-order valence-electron chi connectivity index (χ2n) is 5.46. The van der Waals surface area contributed by atoms with E-state index in [1.54, 1.807) is 0 Å². The fourth-order valence-corrected chi connectivity index (χ4v) is 2.60. The van der Waals surface area contributed by atoms with Gasteiger partial charge in [0.1, 0.15) is 0 Å². The van der Waals surface area contributed by atoms with Crippen LogP contribution in [0, 0.1) is 35.7 Å². The third kappa shape index (κ3) is 2.51. The number of nitrogens with zero attached hydrogens (tertiary/aromatic N) is 2. The van der Waals surface area contributed by atoms with E-state index < -0.39 is 5.54 Å². The average Bonchev–Trinajstić information content (AvgIpc) is 2.76. The van der Waals surface area contributed by atoms with Gasteiger partial charge in [0.15, 0.2) is 6.07 Å². The highest BCUT2D eigenvalue weighted by Gasteiger charge is 2.57. The van der Waals surface area contributed by atoms with E-state index in [2.05, 4.69) is 31.7 Å². The molecule has 0 aromatic rings. The van der Waals surface area contributed by atoms with E-state index in [0.717, 1.165) is 25.2 Å². The fraction of sp³-hybridized carbons (Fsp3) is 0.846. The third-order valence-electron chi connectivity index (χ3n) is 3.21. The summed E-state index contributed by atoms with van der Waals surface area (Å²) in [6, 6.07) is 2.20. The summed E-state index contributed by atoms with van der Waals surface area (Å²) in [5.74, 6) is 1.92. The monoisotopic (exact) mass is 204 g/mol. The maximum atomic E-state index is 8.87.